The summed E-state index contributed by atoms with van der Waals surface area (Å²) in [5.74, 6) is 0. The van der Waals surface area contributed by atoms with E-state index < -0.39 is 0 Å². The molecule has 1 N–H and O–H groups in total. The molecule has 0 saturated carbocycles. The Bertz CT molecular complexity index is 1140. The van der Waals surface area contributed by atoms with Gasteiger partial charge in [-0.15, -0.1) is 0 Å². The van der Waals surface area contributed by atoms with Gasteiger partial charge in [0.15, 0.2) is 0 Å². The molecule has 0 aliphatic rings. The van der Waals surface area contributed by atoms with Crippen molar-refractivity contribution in [3.8, 4) is 22.5 Å². The Hall–Kier alpha value is -4.15. The van der Waals surface area contributed by atoms with Crippen LogP contribution < -0.4 is 0 Å². The van der Waals surface area contributed by atoms with Crippen molar-refractivity contribution in [2.24, 2.45) is 0 Å². The van der Waals surface area contributed by atoms with Gasteiger partial charge < -0.3 is 5.11 Å². The number of nitrogens with zero attached hydrogens (tertiary/aromatic N) is 2. The number of aliphatic hydroxyl groups excluding tert-OH is 1. The van der Waals surface area contributed by atoms with Gasteiger partial charge in [0.25, 0.3) is 0 Å². The Morgan fingerprint density at radius 1 is 0.656 bits per heavy atom. The lowest BCUT2D eigenvalue weighted by Gasteiger charge is -2.00. The highest BCUT2D eigenvalue weighted by atomic mass is 16.2. The molecule has 4 aromatic rings. The molecule has 4 nitrogen and oxygen atoms in total. The van der Waals surface area contributed by atoms with Gasteiger partial charge in [0.05, 0.1) is 18.0 Å². The van der Waals surface area contributed by atoms with Crippen LogP contribution >= 0.6 is 0 Å². The standard InChI is InChI=1S/C14H13NO.C14H11NO/c2*16-11-3-4-12-6-8-13(9-7-12)14-5-1-2-10-15-14/h1-10,16H,11H2;1-11H/b2*4-3+. The molecule has 0 aliphatic heterocycles. The van der Waals surface area contributed by atoms with E-state index in [0.717, 1.165) is 39.9 Å². The Kier molecular flexibility index (Phi) is 8.82. The van der Waals surface area contributed by atoms with E-state index in [-0.39, 0.29) is 6.61 Å². The molecule has 158 valence electrons. The lowest BCUT2D eigenvalue weighted by Crippen LogP contribution is -1.82. The summed E-state index contributed by atoms with van der Waals surface area (Å²) in [6.07, 6.45) is 11.2. The third-order valence-corrected chi connectivity index (χ3v) is 4.53. The average molecular weight is 421 g/mol. The maximum atomic E-state index is 10.2. The first-order valence-electron chi connectivity index (χ1n) is 10.2. The third kappa shape index (κ3) is 6.97. The molecule has 4 rings (SSSR count). The van der Waals surface area contributed by atoms with Crippen molar-refractivity contribution in [3.05, 3.63) is 121 Å². The summed E-state index contributed by atoms with van der Waals surface area (Å²) < 4.78 is 0. The summed E-state index contributed by atoms with van der Waals surface area (Å²) in [5, 5.41) is 8.66. The summed E-state index contributed by atoms with van der Waals surface area (Å²) in [5.41, 5.74) is 6.18. The van der Waals surface area contributed by atoms with Gasteiger partial charge in [-0.3, -0.25) is 14.8 Å². The normalized spacial score (nSPS) is 10.7. The van der Waals surface area contributed by atoms with E-state index in [2.05, 4.69) is 9.97 Å². The molecule has 2 aromatic heterocycles. The minimum absolute atomic E-state index is 0.0714. The smallest absolute Gasteiger partial charge is 0.142 e. The summed E-state index contributed by atoms with van der Waals surface area (Å²) in [4.78, 5) is 18.7. The number of carbonyl (C=O) groups excluding carboxylic acids is 1. The molecule has 0 spiro atoms. The largest absolute Gasteiger partial charge is 0.392 e. The topological polar surface area (TPSA) is 63.1 Å². The Labute approximate surface area is 188 Å². The fourth-order valence-corrected chi connectivity index (χ4v) is 2.94. The Balaban J connectivity index is 0.000000181. The number of hydrogen-bond donors (Lipinski definition) is 1. The van der Waals surface area contributed by atoms with E-state index >= 15 is 0 Å². The molecule has 0 bridgehead atoms. The highest BCUT2D eigenvalue weighted by Crippen LogP contribution is 2.18. The molecular weight excluding hydrogens is 396 g/mol. The Morgan fingerprint density at radius 2 is 1.16 bits per heavy atom. The van der Waals surface area contributed by atoms with Crippen molar-refractivity contribution in [1.82, 2.24) is 9.97 Å². The van der Waals surface area contributed by atoms with Crippen LogP contribution in [-0.4, -0.2) is 28.0 Å². The summed E-state index contributed by atoms with van der Waals surface area (Å²) in [6, 6.07) is 27.7. The minimum atomic E-state index is 0.0714. The number of allylic oxidation sites excluding steroid dienone is 1. The van der Waals surface area contributed by atoms with Gasteiger partial charge in [-0.05, 0) is 41.5 Å². The molecule has 0 unspecified atom stereocenters. The van der Waals surface area contributed by atoms with Crippen LogP contribution in [0.25, 0.3) is 34.7 Å². The predicted octanol–water partition coefficient (Wildman–Crippen LogP) is 5.71. The van der Waals surface area contributed by atoms with Gasteiger partial charge in [-0.1, -0.05) is 78.9 Å². The van der Waals surface area contributed by atoms with Crippen LogP contribution in [0, 0.1) is 0 Å². The minimum Gasteiger partial charge on any atom is -0.392 e. The van der Waals surface area contributed by atoms with E-state index in [1.54, 1.807) is 24.5 Å². The molecule has 0 fully saturated rings. The van der Waals surface area contributed by atoms with Crippen LogP contribution in [0.5, 0.6) is 0 Å². The quantitative estimate of drug-likeness (QED) is 0.320. The fraction of sp³-hybridized carbons (Fsp3) is 0.0357. The molecule has 2 aromatic carbocycles. The predicted molar refractivity (Wildman–Crippen MR) is 131 cm³/mol. The zero-order valence-electron chi connectivity index (χ0n) is 17.6. The van der Waals surface area contributed by atoms with Gasteiger partial charge in [-0.2, -0.15) is 0 Å². The SMILES string of the molecule is O=C/C=C/c1ccc(-c2ccccn2)cc1.OC/C=C/c1ccc(-c2ccccn2)cc1. The van der Waals surface area contributed by atoms with Crippen molar-refractivity contribution < 1.29 is 9.90 Å². The van der Waals surface area contributed by atoms with Crippen molar-refractivity contribution in [3.63, 3.8) is 0 Å². The zero-order chi connectivity index (χ0) is 22.4. The van der Waals surface area contributed by atoms with Crippen LogP contribution in [0.2, 0.25) is 0 Å². The van der Waals surface area contributed by atoms with Gasteiger partial charge in [0, 0.05) is 23.5 Å². The second-order valence-electron chi connectivity index (χ2n) is 6.75. The fourth-order valence-electron chi connectivity index (χ4n) is 2.94. The van der Waals surface area contributed by atoms with Crippen LogP contribution in [0.1, 0.15) is 11.1 Å². The lowest BCUT2D eigenvalue weighted by molar-refractivity contribution is -0.104. The molecule has 0 radical (unpaired) electrons. The number of pyridine rings is 2. The highest BCUT2D eigenvalue weighted by Gasteiger charge is 1.97. The molecular formula is C28H24N2O2. The molecule has 32 heavy (non-hydrogen) atoms. The third-order valence-electron chi connectivity index (χ3n) is 4.53. The number of rotatable bonds is 6. The van der Waals surface area contributed by atoms with Crippen molar-refractivity contribution in [2.45, 2.75) is 0 Å². The number of carbonyl (C=O) groups is 1. The monoisotopic (exact) mass is 420 g/mol. The van der Waals surface area contributed by atoms with Gasteiger partial charge >= 0.3 is 0 Å². The van der Waals surface area contributed by atoms with Crippen LogP contribution in [0.3, 0.4) is 0 Å². The number of aldehydes is 1. The zero-order valence-corrected chi connectivity index (χ0v) is 17.6. The molecule has 0 aliphatic carbocycles. The molecule has 4 heteroatoms. The Morgan fingerprint density at radius 3 is 1.56 bits per heavy atom. The lowest BCUT2D eigenvalue weighted by atomic mass is 10.1. The molecule has 0 amide bonds. The molecule has 0 saturated heterocycles. The molecule has 0 atom stereocenters. The van der Waals surface area contributed by atoms with E-state index in [9.17, 15) is 4.79 Å². The summed E-state index contributed by atoms with van der Waals surface area (Å²) >= 11 is 0. The average Bonchev–Trinajstić information content (AvgIpc) is 2.88. The second kappa shape index (κ2) is 12.5. The summed E-state index contributed by atoms with van der Waals surface area (Å²) in [7, 11) is 0. The van der Waals surface area contributed by atoms with Gasteiger partial charge in [0.2, 0.25) is 0 Å². The van der Waals surface area contributed by atoms with Crippen molar-refractivity contribution in [2.75, 3.05) is 6.61 Å². The van der Waals surface area contributed by atoms with Crippen molar-refractivity contribution >= 4 is 18.4 Å². The van der Waals surface area contributed by atoms with E-state index in [4.69, 9.17) is 5.11 Å². The van der Waals surface area contributed by atoms with Crippen molar-refractivity contribution in [1.29, 1.82) is 0 Å². The number of aromatic nitrogens is 2. The number of benzene rings is 2. The first-order chi connectivity index (χ1) is 15.8. The van der Waals surface area contributed by atoms with Crippen LogP contribution in [0.4, 0.5) is 0 Å². The van der Waals surface area contributed by atoms with Crippen LogP contribution in [0.15, 0.2) is 109 Å². The molecule has 2 heterocycles. The summed E-state index contributed by atoms with van der Waals surface area (Å²) in [6.45, 7) is 0.0714. The maximum absolute atomic E-state index is 10.2. The van der Waals surface area contributed by atoms with E-state index in [0.29, 0.717) is 0 Å². The maximum Gasteiger partial charge on any atom is 0.142 e. The highest BCUT2D eigenvalue weighted by molar-refractivity contribution is 5.74. The van der Waals surface area contributed by atoms with Crippen LogP contribution in [-0.2, 0) is 4.79 Å². The van der Waals surface area contributed by atoms with Gasteiger partial charge in [-0.25, -0.2) is 0 Å². The first-order valence-corrected chi connectivity index (χ1v) is 10.2. The van der Waals surface area contributed by atoms with Gasteiger partial charge in [0.1, 0.15) is 6.29 Å². The second-order valence-corrected chi connectivity index (χ2v) is 6.75. The number of hydrogen-bond acceptors (Lipinski definition) is 4. The van der Waals surface area contributed by atoms with E-state index in [1.807, 2.05) is 91.0 Å². The van der Waals surface area contributed by atoms with E-state index in [1.165, 1.54) is 6.08 Å². The number of aliphatic hydroxyl groups is 1. The first kappa shape index (κ1) is 22.5.